The first-order chi connectivity index (χ1) is 19.3. The van der Waals surface area contributed by atoms with Crippen molar-refractivity contribution >= 4 is 27.5 Å². The van der Waals surface area contributed by atoms with Crippen molar-refractivity contribution in [1.29, 1.82) is 0 Å². The van der Waals surface area contributed by atoms with Crippen LogP contribution in [0, 0.1) is 0 Å². The lowest BCUT2D eigenvalue weighted by Gasteiger charge is -2.28. The van der Waals surface area contributed by atoms with Crippen molar-refractivity contribution in [2.24, 2.45) is 0 Å². The first kappa shape index (κ1) is 23.5. The number of fused-ring (bicyclic) bond motifs is 2. The molecule has 8 heteroatoms. The molecule has 7 rings (SSSR count). The molecule has 8 nitrogen and oxygen atoms in total. The van der Waals surface area contributed by atoms with Gasteiger partial charge in [-0.3, -0.25) is 20.1 Å². The van der Waals surface area contributed by atoms with Crippen LogP contribution in [-0.4, -0.2) is 43.2 Å². The van der Waals surface area contributed by atoms with Crippen LogP contribution < -0.4 is 10.2 Å². The zero-order valence-corrected chi connectivity index (χ0v) is 21.7. The number of piperidine rings is 1. The van der Waals surface area contributed by atoms with Crippen molar-refractivity contribution in [3.8, 4) is 22.6 Å². The SMILES string of the molecule is c1ccc(CNCc2cncc(-c3cc4c(-c5cc6c(N7CCCCC7)cncc6[nH]5)n[nH]c4cn3)c2)cc1. The van der Waals surface area contributed by atoms with Crippen LogP contribution in [0.4, 0.5) is 5.69 Å². The monoisotopic (exact) mass is 514 g/mol. The largest absolute Gasteiger partial charge is 0.370 e. The molecule has 3 N–H and O–H groups in total. The van der Waals surface area contributed by atoms with E-state index in [9.17, 15) is 0 Å². The molecule has 0 bridgehead atoms. The summed E-state index contributed by atoms with van der Waals surface area (Å²) in [5, 5.41) is 13.5. The second-order valence-corrected chi connectivity index (χ2v) is 10.2. The number of pyridine rings is 3. The highest BCUT2D eigenvalue weighted by Gasteiger charge is 2.18. The Balaban J connectivity index is 1.18. The maximum atomic E-state index is 4.71. The molecular weight excluding hydrogens is 484 g/mol. The van der Waals surface area contributed by atoms with E-state index < -0.39 is 0 Å². The lowest BCUT2D eigenvalue weighted by molar-refractivity contribution is 0.578. The third kappa shape index (κ3) is 4.75. The average molecular weight is 515 g/mol. The van der Waals surface area contributed by atoms with Crippen molar-refractivity contribution in [3.05, 3.63) is 90.6 Å². The van der Waals surface area contributed by atoms with Gasteiger partial charge in [0.15, 0.2) is 0 Å². The Morgan fingerprint density at radius 2 is 1.62 bits per heavy atom. The van der Waals surface area contributed by atoms with Crippen LogP contribution in [0.25, 0.3) is 44.5 Å². The molecule has 0 spiro atoms. The molecule has 1 aliphatic rings. The minimum Gasteiger partial charge on any atom is -0.370 e. The smallest absolute Gasteiger partial charge is 0.116 e. The van der Waals surface area contributed by atoms with Crippen molar-refractivity contribution in [1.82, 2.24) is 35.5 Å². The highest BCUT2D eigenvalue weighted by atomic mass is 15.1. The van der Waals surface area contributed by atoms with Gasteiger partial charge in [-0.25, -0.2) is 0 Å². The summed E-state index contributed by atoms with van der Waals surface area (Å²) in [6.45, 7) is 3.71. The number of aromatic amines is 2. The highest BCUT2D eigenvalue weighted by Crippen LogP contribution is 2.34. The molecule has 0 radical (unpaired) electrons. The number of hydrogen-bond acceptors (Lipinski definition) is 6. The fourth-order valence-electron chi connectivity index (χ4n) is 5.50. The molecule has 0 unspecified atom stereocenters. The third-order valence-electron chi connectivity index (χ3n) is 7.52. The molecule has 1 aliphatic heterocycles. The third-order valence-corrected chi connectivity index (χ3v) is 7.52. The van der Waals surface area contributed by atoms with Gasteiger partial charge in [-0.2, -0.15) is 5.10 Å². The molecular formula is C31H30N8. The van der Waals surface area contributed by atoms with Gasteiger partial charge >= 0.3 is 0 Å². The van der Waals surface area contributed by atoms with Crippen LogP contribution in [0.15, 0.2) is 79.5 Å². The molecule has 0 saturated carbocycles. The topological polar surface area (TPSA) is 98.4 Å². The number of rotatable bonds is 7. The Morgan fingerprint density at radius 1 is 0.769 bits per heavy atom. The number of benzene rings is 1. The van der Waals surface area contributed by atoms with E-state index in [4.69, 9.17) is 4.98 Å². The zero-order chi connectivity index (χ0) is 26.0. The Labute approximate surface area is 226 Å². The molecule has 1 saturated heterocycles. The summed E-state index contributed by atoms with van der Waals surface area (Å²) in [6.07, 6.45) is 13.3. The summed E-state index contributed by atoms with van der Waals surface area (Å²) < 4.78 is 0. The van der Waals surface area contributed by atoms with Crippen molar-refractivity contribution in [2.75, 3.05) is 18.0 Å². The summed E-state index contributed by atoms with van der Waals surface area (Å²) in [7, 11) is 0. The molecule has 0 amide bonds. The van der Waals surface area contributed by atoms with E-state index in [1.165, 1.54) is 35.9 Å². The number of anilines is 1. The second-order valence-electron chi connectivity index (χ2n) is 10.2. The molecule has 39 heavy (non-hydrogen) atoms. The lowest BCUT2D eigenvalue weighted by atomic mass is 10.1. The predicted molar refractivity (Wildman–Crippen MR) is 155 cm³/mol. The molecule has 1 aromatic carbocycles. The average Bonchev–Trinajstić information content (AvgIpc) is 3.62. The van der Waals surface area contributed by atoms with Gasteiger partial charge in [-0.05, 0) is 48.6 Å². The summed E-state index contributed by atoms with van der Waals surface area (Å²) in [5.74, 6) is 0. The molecule has 0 atom stereocenters. The molecule has 6 aromatic rings. The van der Waals surface area contributed by atoms with Gasteiger partial charge < -0.3 is 15.2 Å². The Kier molecular flexibility index (Phi) is 6.22. The van der Waals surface area contributed by atoms with E-state index in [-0.39, 0.29) is 0 Å². The summed E-state index contributed by atoms with van der Waals surface area (Å²) in [6, 6.07) is 16.9. The van der Waals surface area contributed by atoms with Crippen LogP contribution in [-0.2, 0) is 13.1 Å². The number of nitrogens with one attached hydrogen (secondary N) is 3. The van der Waals surface area contributed by atoms with E-state index >= 15 is 0 Å². The molecule has 6 heterocycles. The fourth-order valence-corrected chi connectivity index (χ4v) is 5.50. The van der Waals surface area contributed by atoms with Gasteiger partial charge in [0.2, 0.25) is 0 Å². The number of hydrogen-bond donors (Lipinski definition) is 3. The fraction of sp³-hybridized carbons (Fsp3) is 0.226. The molecule has 5 aromatic heterocycles. The van der Waals surface area contributed by atoms with E-state index in [1.807, 2.05) is 37.1 Å². The number of nitrogens with zero attached hydrogens (tertiary/aromatic N) is 5. The van der Waals surface area contributed by atoms with Crippen molar-refractivity contribution in [2.45, 2.75) is 32.4 Å². The quantitative estimate of drug-likeness (QED) is 0.247. The van der Waals surface area contributed by atoms with Gasteiger partial charge in [0.25, 0.3) is 0 Å². The van der Waals surface area contributed by atoms with Gasteiger partial charge in [-0.1, -0.05) is 30.3 Å². The second kappa shape index (κ2) is 10.3. The minimum absolute atomic E-state index is 0.734. The Morgan fingerprint density at radius 3 is 2.51 bits per heavy atom. The van der Waals surface area contributed by atoms with E-state index in [1.54, 1.807) is 0 Å². The summed E-state index contributed by atoms with van der Waals surface area (Å²) in [5.41, 5.74) is 9.20. The van der Waals surface area contributed by atoms with Crippen LogP contribution in [0.1, 0.15) is 30.4 Å². The van der Waals surface area contributed by atoms with Crippen LogP contribution in [0.3, 0.4) is 0 Å². The highest BCUT2D eigenvalue weighted by molar-refractivity contribution is 6.00. The van der Waals surface area contributed by atoms with Crippen LogP contribution in [0.5, 0.6) is 0 Å². The maximum Gasteiger partial charge on any atom is 0.116 e. The minimum atomic E-state index is 0.734. The van der Waals surface area contributed by atoms with Gasteiger partial charge in [0.05, 0.1) is 46.7 Å². The van der Waals surface area contributed by atoms with Crippen LogP contribution in [0.2, 0.25) is 0 Å². The maximum absolute atomic E-state index is 4.71. The van der Waals surface area contributed by atoms with Crippen molar-refractivity contribution in [3.63, 3.8) is 0 Å². The predicted octanol–water partition coefficient (Wildman–Crippen LogP) is 5.84. The van der Waals surface area contributed by atoms with Crippen molar-refractivity contribution < 1.29 is 0 Å². The Bertz CT molecular complexity index is 1730. The zero-order valence-electron chi connectivity index (χ0n) is 21.7. The lowest BCUT2D eigenvalue weighted by Crippen LogP contribution is -2.29. The molecule has 194 valence electrons. The van der Waals surface area contributed by atoms with E-state index in [0.717, 1.165) is 70.8 Å². The first-order valence-corrected chi connectivity index (χ1v) is 13.6. The van der Waals surface area contributed by atoms with Crippen LogP contribution >= 0.6 is 0 Å². The Hall–Kier alpha value is -4.56. The van der Waals surface area contributed by atoms with E-state index in [0.29, 0.717) is 0 Å². The number of H-pyrrole nitrogens is 2. The standard InChI is InChI=1S/C31H30N8/c1-3-7-21(8-4-1)14-32-15-22-11-23(17-33-16-22)26-13-25-29(19-35-26)37-38-31(25)27-12-24-28(36-27)18-34-20-30(24)39-9-5-2-6-10-39/h1,3-4,7-8,11-13,16-20,32,36H,2,5-6,9-10,14-15H2,(H,37,38). The van der Waals surface area contributed by atoms with E-state index in [2.05, 4.69) is 77.8 Å². The molecule has 1 fully saturated rings. The molecule has 0 aliphatic carbocycles. The normalized spacial score (nSPS) is 13.9. The van der Waals surface area contributed by atoms with Gasteiger partial charge in [0, 0.05) is 54.9 Å². The van der Waals surface area contributed by atoms with Gasteiger partial charge in [-0.15, -0.1) is 0 Å². The summed E-state index contributed by atoms with van der Waals surface area (Å²) >= 11 is 0. The first-order valence-electron chi connectivity index (χ1n) is 13.6. The summed E-state index contributed by atoms with van der Waals surface area (Å²) in [4.78, 5) is 19.7. The van der Waals surface area contributed by atoms with Gasteiger partial charge in [0.1, 0.15) is 5.69 Å². The number of aromatic nitrogens is 6.